The summed E-state index contributed by atoms with van der Waals surface area (Å²) >= 11 is 0. The van der Waals surface area contributed by atoms with E-state index in [-0.39, 0.29) is 12.4 Å². The first kappa shape index (κ1) is 9.44. The molecule has 0 atom stereocenters. The van der Waals surface area contributed by atoms with Crippen LogP contribution in [0.25, 0.3) is 0 Å². The quantitative estimate of drug-likeness (QED) is 0.679. The van der Waals surface area contributed by atoms with Crippen LogP contribution in [0.4, 0.5) is 0 Å². The lowest BCUT2D eigenvalue weighted by Gasteiger charge is -2.00. The molecule has 0 spiro atoms. The molecule has 1 rings (SSSR count). The van der Waals surface area contributed by atoms with Gasteiger partial charge in [-0.15, -0.1) is 0 Å². The van der Waals surface area contributed by atoms with E-state index in [0.29, 0.717) is 13.0 Å². The number of rotatable bonds is 5. The highest BCUT2D eigenvalue weighted by Crippen LogP contribution is 1.99. The Balaban J connectivity index is 2.17. The van der Waals surface area contributed by atoms with Gasteiger partial charge < -0.3 is 9.84 Å². The molecule has 1 heterocycles. The first-order chi connectivity index (χ1) is 6.29. The van der Waals surface area contributed by atoms with Crippen LogP contribution < -0.4 is 4.74 Å². The highest BCUT2D eigenvalue weighted by molar-refractivity contribution is 5.66. The van der Waals surface area contributed by atoms with Gasteiger partial charge in [0, 0.05) is 18.8 Å². The summed E-state index contributed by atoms with van der Waals surface area (Å²) in [6.07, 6.45) is 3.71. The molecule has 1 aromatic rings. The number of carboxylic acid groups (broad SMARTS) is 1. The topological polar surface area (TPSA) is 72.3 Å². The van der Waals surface area contributed by atoms with E-state index >= 15 is 0 Å². The van der Waals surface area contributed by atoms with Crippen molar-refractivity contribution in [1.82, 2.24) is 9.97 Å². The van der Waals surface area contributed by atoms with E-state index in [9.17, 15) is 4.79 Å². The summed E-state index contributed by atoms with van der Waals surface area (Å²) < 4.78 is 5.07. The lowest BCUT2D eigenvalue weighted by atomic mass is 10.3. The van der Waals surface area contributed by atoms with Crippen LogP contribution in [-0.4, -0.2) is 27.7 Å². The molecule has 0 amide bonds. The van der Waals surface area contributed by atoms with Gasteiger partial charge in [0.2, 0.25) is 0 Å². The molecule has 0 saturated carbocycles. The zero-order valence-electron chi connectivity index (χ0n) is 7.01. The smallest absolute Gasteiger partial charge is 0.316 e. The molecule has 13 heavy (non-hydrogen) atoms. The summed E-state index contributed by atoms with van der Waals surface area (Å²) in [5, 5.41) is 8.32. The van der Waals surface area contributed by atoms with Crippen molar-refractivity contribution in [3.63, 3.8) is 0 Å². The predicted octanol–water partition coefficient (Wildman–Crippen LogP) is 0.720. The number of hydrogen-bond donors (Lipinski definition) is 1. The summed E-state index contributed by atoms with van der Waals surface area (Å²) in [6.45, 7) is 0.330. The van der Waals surface area contributed by atoms with Gasteiger partial charge in [0.1, 0.15) is 0 Å². The van der Waals surface area contributed by atoms with Crippen molar-refractivity contribution in [2.24, 2.45) is 0 Å². The van der Waals surface area contributed by atoms with E-state index in [1.165, 1.54) is 0 Å². The van der Waals surface area contributed by atoms with E-state index in [1.54, 1.807) is 18.5 Å². The summed E-state index contributed by atoms with van der Waals surface area (Å²) in [7, 11) is 0. The molecule has 5 nitrogen and oxygen atoms in total. The van der Waals surface area contributed by atoms with Crippen molar-refractivity contribution in [3.8, 4) is 6.01 Å². The molecule has 0 aliphatic carbocycles. The Kier molecular flexibility index (Phi) is 3.69. The van der Waals surface area contributed by atoms with Gasteiger partial charge in [0.15, 0.2) is 0 Å². The first-order valence-electron chi connectivity index (χ1n) is 3.90. The third-order valence-electron chi connectivity index (χ3n) is 1.31. The minimum Gasteiger partial charge on any atom is -0.481 e. The molecule has 70 valence electrons. The normalized spacial score (nSPS) is 9.54. The zero-order valence-corrected chi connectivity index (χ0v) is 7.01. The van der Waals surface area contributed by atoms with Gasteiger partial charge in [-0.1, -0.05) is 0 Å². The fourth-order valence-corrected chi connectivity index (χ4v) is 0.747. The lowest BCUT2D eigenvalue weighted by Crippen LogP contribution is -2.03. The maximum Gasteiger partial charge on any atom is 0.316 e. The Labute approximate surface area is 75.4 Å². The Bertz CT molecular complexity index is 263. The van der Waals surface area contributed by atoms with Crippen molar-refractivity contribution >= 4 is 5.97 Å². The van der Waals surface area contributed by atoms with Crippen LogP contribution in [0.1, 0.15) is 12.8 Å². The minimum absolute atomic E-state index is 0.104. The van der Waals surface area contributed by atoms with E-state index in [2.05, 4.69) is 9.97 Å². The van der Waals surface area contributed by atoms with Crippen molar-refractivity contribution < 1.29 is 14.6 Å². The number of carbonyl (C=O) groups is 1. The standard InChI is InChI=1S/C8H10N2O3/c11-7(12)3-1-6-13-8-9-4-2-5-10-8/h2,4-5H,1,3,6H2,(H,11,12). The SMILES string of the molecule is O=C(O)CCCOc1ncccn1. The highest BCUT2D eigenvalue weighted by Gasteiger charge is 1.98. The van der Waals surface area contributed by atoms with Crippen LogP contribution in [0.5, 0.6) is 6.01 Å². The van der Waals surface area contributed by atoms with Crippen LogP contribution in [0, 0.1) is 0 Å². The Morgan fingerprint density at radius 1 is 1.46 bits per heavy atom. The monoisotopic (exact) mass is 182 g/mol. The summed E-state index contributed by atoms with van der Waals surface area (Å²) in [4.78, 5) is 17.8. The third-order valence-corrected chi connectivity index (χ3v) is 1.31. The Hall–Kier alpha value is -1.65. The number of aliphatic carboxylic acids is 1. The van der Waals surface area contributed by atoms with Gasteiger partial charge in [-0.2, -0.15) is 0 Å². The molecule has 0 aromatic carbocycles. The lowest BCUT2D eigenvalue weighted by molar-refractivity contribution is -0.137. The first-order valence-corrected chi connectivity index (χ1v) is 3.90. The van der Waals surface area contributed by atoms with Gasteiger partial charge >= 0.3 is 12.0 Å². The van der Waals surface area contributed by atoms with Gasteiger partial charge in [-0.05, 0) is 12.5 Å². The number of aromatic nitrogens is 2. The van der Waals surface area contributed by atoms with Crippen molar-refractivity contribution in [2.75, 3.05) is 6.61 Å². The zero-order chi connectivity index (χ0) is 9.52. The highest BCUT2D eigenvalue weighted by atomic mass is 16.5. The second kappa shape index (κ2) is 5.08. The van der Waals surface area contributed by atoms with E-state index < -0.39 is 5.97 Å². The molecular weight excluding hydrogens is 172 g/mol. The van der Waals surface area contributed by atoms with E-state index in [4.69, 9.17) is 9.84 Å². The fourth-order valence-electron chi connectivity index (χ4n) is 0.747. The minimum atomic E-state index is -0.822. The maximum absolute atomic E-state index is 10.1. The molecule has 0 fully saturated rings. The van der Waals surface area contributed by atoms with Crippen molar-refractivity contribution in [3.05, 3.63) is 18.5 Å². The number of nitrogens with zero attached hydrogens (tertiary/aromatic N) is 2. The second-order valence-electron chi connectivity index (χ2n) is 2.38. The van der Waals surface area contributed by atoms with Crippen LogP contribution in [0.3, 0.4) is 0 Å². The fraction of sp³-hybridized carbons (Fsp3) is 0.375. The van der Waals surface area contributed by atoms with E-state index in [0.717, 1.165) is 0 Å². The van der Waals surface area contributed by atoms with Crippen LogP contribution >= 0.6 is 0 Å². The van der Waals surface area contributed by atoms with E-state index in [1.807, 2.05) is 0 Å². The molecule has 0 unspecified atom stereocenters. The molecule has 0 bridgehead atoms. The van der Waals surface area contributed by atoms with Gasteiger partial charge in [0.05, 0.1) is 6.61 Å². The molecule has 0 aliphatic rings. The van der Waals surface area contributed by atoms with Crippen molar-refractivity contribution in [2.45, 2.75) is 12.8 Å². The van der Waals surface area contributed by atoms with Crippen LogP contribution in [0.15, 0.2) is 18.5 Å². The average Bonchev–Trinajstić information content (AvgIpc) is 2.14. The van der Waals surface area contributed by atoms with Crippen LogP contribution in [0.2, 0.25) is 0 Å². The summed E-state index contributed by atoms with van der Waals surface area (Å²) in [5.74, 6) is -0.822. The van der Waals surface area contributed by atoms with Gasteiger partial charge in [0.25, 0.3) is 0 Å². The van der Waals surface area contributed by atoms with Crippen molar-refractivity contribution in [1.29, 1.82) is 0 Å². The molecule has 0 radical (unpaired) electrons. The largest absolute Gasteiger partial charge is 0.481 e. The number of ether oxygens (including phenoxy) is 1. The molecule has 1 aromatic heterocycles. The van der Waals surface area contributed by atoms with Gasteiger partial charge in [-0.25, -0.2) is 9.97 Å². The second-order valence-corrected chi connectivity index (χ2v) is 2.38. The van der Waals surface area contributed by atoms with Crippen LogP contribution in [-0.2, 0) is 4.79 Å². The molecule has 1 N–H and O–H groups in total. The number of carboxylic acids is 1. The third kappa shape index (κ3) is 4.05. The Morgan fingerprint density at radius 3 is 2.77 bits per heavy atom. The molecule has 0 aliphatic heterocycles. The molecule has 0 saturated heterocycles. The van der Waals surface area contributed by atoms with Gasteiger partial charge in [-0.3, -0.25) is 4.79 Å². The number of hydrogen-bond acceptors (Lipinski definition) is 4. The summed E-state index contributed by atoms with van der Waals surface area (Å²) in [5.41, 5.74) is 0. The predicted molar refractivity (Wildman–Crippen MR) is 44.4 cm³/mol. The molecular formula is C8H10N2O3. The summed E-state index contributed by atoms with van der Waals surface area (Å²) in [6, 6.07) is 1.97. The molecule has 5 heteroatoms. The Morgan fingerprint density at radius 2 is 2.15 bits per heavy atom. The maximum atomic E-state index is 10.1. The average molecular weight is 182 g/mol.